The van der Waals surface area contributed by atoms with E-state index >= 15 is 0 Å². The van der Waals surface area contributed by atoms with Crippen LogP contribution in [-0.2, 0) is 9.53 Å². The standard InChI is InChI=1S/C12H18N2O5S/c1-12(2,3)19-11(17)13-7(5-10(15)16)8-6-9(18-4)14-20-8/h6-7H,5H2,1-4H3,(H,13,17)(H,15,16)/t7-/m1/s1. The van der Waals surface area contributed by atoms with Crippen LogP contribution in [0.1, 0.15) is 38.1 Å². The quantitative estimate of drug-likeness (QED) is 0.865. The van der Waals surface area contributed by atoms with Crippen LogP contribution >= 0.6 is 11.5 Å². The van der Waals surface area contributed by atoms with E-state index in [0.29, 0.717) is 10.8 Å². The van der Waals surface area contributed by atoms with Crippen molar-refractivity contribution in [1.29, 1.82) is 0 Å². The number of ether oxygens (including phenoxy) is 2. The van der Waals surface area contributed by atoms with Gasteiger partial charge in [0.2, 0.25) is 5.88 Å². The fourth-order valence-electron chi connectivity index (χ4n) is 1.38. The molecule has 0 aromatic carbocycles. The minimum Gasteiger partial charge on any atom is -0.481 e. The summed E-state index contributed by atoms with van der Waals surface area (Å²) in [6.45, 7) is 5.19. The summed E-state index contributed by atoms with van der Waals surface area (Å²) in [6.07, 6.45) is -0.930. The molecular formula is C12H18N2O5S. The third kappa shape index (κ3) is 5.43. The lowest BCUT2D eigenvalue weighted by molar-refractivity contribution is -0.137. The lowest BCUT2D eigenvalue weighted by atomic mass is 10.1. The number of rotatable bonds is 5. The van der Waals surface area contributed by atoms with Gasteiger partial charge in [0, 0.05) is 6.07 Å². The summed E-state index contributed by atoms with van der Waals surface area (Å²) in [5, 5.41) is 11.4. The molecule has 0 fully saturated rings. The Kier molecular flexibility index (Phi) is 5.32. The van der Waals surface area contributed by atoms with Gasteiger partial charge < -0.3 is 19.9 Å². The first-order chi connectivity index (χ1) is 9.21. The van der Waals surface area contributed by atoms with Crippen LogP contribution in [-0.4, -0.2) is 34.3 Å². The summed E-state index contributed by atoms with van der Waals surface area (Å²) in [7, 11) is 1.46. The Hall–Kier alpha value is -1.83. The first-order valence-corrected chi connectivity index (χ1v) is 6.70. The number of alkyl carbamates (subject to hydrolysis) is 1. The van der Waals surface area contributed by atoms with Gasteiger partial charge in [-0.2, -0.15) is 4.37 Å². The number of nitrogens with zero attached hydrogens (tertiary/aromatic N) is 1. The molecule has 0 saturated carbocycles. The van der Waals surface area contributed by atoms with Crippen LogP contribution in [0.3, 0.4) is 0 Å². The van der Waals surface area contributed by atoms with Gasteiger partial charge in [-0.25, -0.2) is 4.79 Å². The fourth-order valence-corrected chi connectivity index (χ4v) is 2.13. The van der Waals surface area contributed by atoms with E-state index in [9.17, 15) is 9.59 Å². The lowest BCUT2D eigenvalue weighted by Crippen LogP contribution is -2.35. The van der Waals surface area contributed by atoms with Crippen molar-refractivity contribution in [1.82, 2.24) is 9.69 Å². The van der Waals surface area contributed by atoms with Crippen molar-refractivity contribution in [2.24, 2.45) is 0 Å². The maximum absolute atomic E-state index is 11.7. The average Bonchev–Trinajstić information content (AvgIpc) is 2.73. The second-order valence-electron chi connectivity index (χ2n) is 5.07. The predicted molar refractivity (Wildman–Crippen MR) is 73.0 cm³/mol. The second kappa shape index (κ2) is 6.56. The van der Waals surface area contributed by atoms with Crippen molar-refractivity contribution >= 4 is 23.6 Å². The van der Waals surface area contributed by atoms with Gasteiger partial charge in [0.15, 0.2) is 0 Å². The van der Waals surface area contributed by atoms with Gasteiger partial charge in [-0.3, -0.25) is 4.79 Å². The fraction of sp³-hybridized carbons (Fsp3) is 0.583. The van der Waals surface area contributed by atoms with Crippen LogP contribution in [0.2, 0.25) is 0 Å². The van der Waals surface area contributed by atoms with Gasteiger partial charge in [0.1, 0.15) is 5.60 Å². The largest absolute Gasteiger partial charge is 0.481 e. The number of carbonyl (C=O) groups is 2. The Bertz CT molecular complexity index is 480. The molecular weight excluding hydrogens is 284 g/mol. The molecule has 0 bridgehead atoms. The molecule has 112 valence electrons. The molecule has 20 heavy (non-hydrogen) atoms. The highest BCUT2D eigenvalue weighted by atomic mass is 32.1. The van der Waals surface area contributed by atoms with Crippen molar-refractivity contribution in [3.63, 3.8) is 0 Å². The number of hydrogen-bond acceptors (Lipinski definition) is 6. The minimum atomic E-state index is -1.03. The smallest absolute Gasteiger partial charge is 0.408 e. The number of nitrogens with one attached hydrogen (secondary N) is 1. The number of aromatic nitrogens is 1. The zero-order valence-electron chi connectivity index (χ0n) is 11.8. The van der Waals surface area contributed by atoms with E-state index in [-0.39, 0.29) is 6.42 Å². The summed E-state index contributed by atoms with van der Waals surface area (Å²) in [5.41, 5.74) is -0.650. The van der Waals surface area contributed by atoms with Gasteiger partial charge in [0.05, 0.1) is 24.4 Å². The van der Waals surface area contributed by atoms with E-state index in [4.69, 9.17) is 14.6 Å². The van der Waals surface area contributed by atoms with Crippen LogP contribution in [0, 0.1) is 0 Å². The third-order valence-corrected chi connectivity index (χ3v) is 3.01. The van der Waals surface area contributed by atoms with E-state index in [2.05, 4.69) is 9.69 Å². The van der Waals surface area contributed by atoms with Crippen molar-refractivity contribution in [3.8, 4) is 5.88 Å². The Labute approximate surface area is 121 Å². The number of methoxy groups -OCH3 is 1. The van der Waals surface area contributed by atoms with Crippen molar-refractivity contribution in [3.05, 3.63) is 10.9 Å². The normalized spacial score (nSPS) is 12.6. The summed E-state index contributed by atoms with van der Waals surface area (Å²) < 4.78 is 14.0. The van der Waals surface area contributed by atoms with E-state index in [1.807, 2.05) is 0 Å². The molecule has 2 N–H and O–H groups in total. The predicted octanol–water partition coefficient (Wildman–Crippen LogP) is 2.19. The van der Waals surface area contributed by atoms with Crippen LogP contribution in [0.4, 0.5) is 4.79 Å². The van der Waals surface area contributed by atoms with Gasteiger partial charge in [-0.1, -0.05) is 0 Å². The van der Waals surface area contributed by atoms with Gasteiger partial charge in [0.25, 0.3) is 0 Å². The number of carboxylic acids is 1. The highest BCUT2D eigenvalue weighted by molar-refractivity contribution is 7.06. The Morgan fingerprint density at radius 2 is 2.15 bits per heavy atom. The maximum atomic E-state index is 11.7. The van der Waals surface area contributed by atoms with E-state index in [1.165, 1.54) is 7.11 Å². The second-order valence-corrected chi connectivity index (χ2v) is 5.90. The highest BCUT2D eigenvalue weighted by Crippen LogP contribution is 2.26. The first-order valence-electron chi connectivity index (χ1n) is 5.93. The third-order valence-electron chi connectivity index (χ3n) is 2.13. The molecule has 1 atom stereocenters. The number of aliphatic carboxylic acids is 1. The molecule has 0 aliphatic carbocycles. The molecule has 7 nitrogen and oxygen atoms in total. The molecule has 0 saturated heterocycles. The van der Waals surface area contributed by atoms with Crippen LogP contribution in [0.25, 0.3) is 0 Å². The Morgan fingerprint density at radius 3 is 2.60 bits per heavy atom. The molecule has 1 heterocycles. The molecule has 1 rings (SSSR count). The Morgan fingerprint density at radius 1 is 1.50 bits per heavy atom. The van der Waals surface area contributed by atoms with Gasteiger partial charge in [-0.05, 0) is 32.3 Å². The van der Waals surface area contributed by atoms with E-state index in [1.54, 1.807) is 26.8 Å². The molecule has 0 aliphatic rings. The molecule has 0 spiro atoms. The SMILES string of the molecule is COc1cc([C@@H](CC(=O)O)NC(=O)OC(C)(C)C)sn1. The average molecular weight is 302 g/mol. The molecule has 0 aliphatic heterocycles. The van der Waals surface area contributed by atoms with Crippen molar-refractivity contribution in [2.45, 2.75) is 38.8 Å². The zero-order chi connectivity index (χ0) is 15.3. The molecule has 1 aromatic rings. The van der Waals surface area contributed by atoms with Gasteiger partial charge >= 0.3 is 12.1 Å². The topological polar surface area (TPSA) is 97.8 Å². The minimum absolute atomic E-state index is 0.259. The maximum Gasteiger partial charge on any atom is 0.408 e. The lowest BCUT2D eigenvalue weighted by Gasteiger charge is -2.22. The number of amides is 1. The number of carboxylic acid groups (broad SMARTS) is 1. The summed E-state index contributed by atoms with van der Waals surface area (Å²) in [5.74, 6) is -0.648. The highest BCUT2D eigenvalue weighted by Gasteiger charge is 2.24. The number of hydrogen-bond donors (Lipinski definition) is 2. The van der Waals surface area contributed by atoms with Gasteiger partial charge in [-0.15, -0.1) is 0 Å². The Balaban J connectivity index is 2.79. The monoisotopic (exact) mass is 302 g/mol. The summed E-state index contributed by atoms with van der Waals surface area (Å²) in [6, 6.07) is 0.888. The zero-order valence-corrected chi connectivity index (χ0v) is 12.6. The van der Waals surface area contributed by atoms with Crippen molar-refractivity contribution in [2.75, 3.05) is 7.11 Å². The molecule has 1 aromatic heterocycles. The summed E-state index contributed by atoms with van der Waals surface area (Å²) >= 11 is 1.08. The molecule has 0 unspecified atom stereocenters. The van der Waals surface area contributed by atoms with E-state index < -0.39 is 23.7 Å². The molecule has 1 amide bonds. The number of carbonyl (C=O) groups excluding carboxylic acids is 1. The van der Waals surface area contributed by atoms with E-state index in [0.717, 1.165) is 11.5 Å². The summed E-state index contributed by atoms with van der Waals surface area (Å²) in [4.78, 5) is 23.2. The van der Waals surface area contributed by atoms with Crippen LogP contribution in [0.15, 0.2) is 6.07 Å². The molecule has 0 radical (unpaired) electrons. The van der Waals surface area contributed by atoms with Crippen molar-refractivity contribution < 1.29 is 24.2 Å². The van der Waals surface area contributed by atoms with Crippen LogP contribution < -0.4 is 10.1 Å². The first kappa shape index (κ1) is 16.2. The molecule has 8 heteroatoms. The van der Waals surface area contributed by atoms with Crippen LogP contribution in [0.5, 0.6) is 5.88 Å².